The first-order valence-corrected chi connectivity index (χ1v) is 8.21. The number of hydrogen-bond acceptors (Lipinski definition) is 8. The molecule has 0 unspecified atom stereocenters. The van der Waals surface area contributed by atoms with Crippen LogP contribution < -0.4 is 20.9 Å². The fourth-order valence-corrected chi connectivity index (χ4v) is 2.40. The molecule has 29 heavy (non-hydrogen) atoms. The number of aromatic nitrogens is 2. The van der Waals surface area contributed by atoms with E-state index >= 15 is 0 Å². The molecule has 1 amide bonds. The van der Waals surface area contributed by atoms with Crippen LogP contribution in [0.1, 0.15) is 10.4 Å². The lowest BCUT2D eigenvalue weighted by Crippen LogP contribution is -2.30. The third-order valence-electron chi connectivity index (χ3n) is 3.77. The number of nitrogens with one attached hydrogen (secondary N) is 3. The lowest BCUT2D eigenvalue weighted by Gasteiger charge is -2.12. The highest BCUT2D eigenvalue weighted by Crippen LogP contribution is 2.33. The van der Waals surface area contributed by atoms with Crippen LogP contribution in [0, 0.1) is 15.9 Å². The average Bonchev–Trinajstić information content (AvgIpc) is 2.72. The Morgan fingerprint density at radius 3 is 2.48 bits per heavy atom. The molecule has 3 N–H and O–H groups in total. The van der Waals surface area contributed by atoms with E-state index in [4.69, 9.17) is 4.74 Å². The van der Waals surface area contributed by atoms with Gasteiger partial charge < -0.3 is 10.1 Å². The number of anilines is 3. The van der Waals surface area contributed by atoms with Gasteiger partial charge >= 0.3 is 5.69 Å². The van der Waals surface area contributed by atoms with E-state index in [1.54, 1.807) is 24.3 Å². The topological polar surface area (TPSA) is 131 Å². The smallest absolute Gasteiger partial charge is 0.355 e. The van der Waals surface area contributed by atoms with Crippen LogP contribution in [-0.2, 0) is 0 Å². The molecule has 0 fully saturated rings. The predicted octanol–water partition coefficient (Wildman–Crippen LogP) is 3.03. The number of ether oxygens (including phenoxy) is 1. The monoisotopic (exact) mass is 398 g/mol. The first-order valence-electron chi connectivity index (χ1n) is 8.21. The van der Waals surface area contributed by atoms with Gasteiger partial charge in [0.2, 0.25) is 11.6 Å². The minimum Gasteiger partial charge on any atom is -0.495 e. The van der Waals surface area contributed by atoms with E-state index in [1.807, 2.05) is 0 Å². The molecule has 11 heteroatoms. The molecular weight excluding hydrogens is 383 g/mol. The Bertz CT molecular complexity index is 1040. The summed E-state index contributed by atoms with van der Waals surface area (Å²) in [6, 6.07) is 11.6. The number of carbonyl (C=O) groups excluding carboxylic acids is 1. The number of rotatable bonds is 7. The molecule has 0 saturated heterocycles. The number of para-hydroxylation sites is 2. The summed E-state index contributed by atoms with van der Waals surface area (Å²) in [6.45, 7) is 0. The number of benzene rings is 2. The van der Waals surface area contributed by atoms with Crippen LogP contribution in [0.5, 0.6) is 5.75 Å². The van der Waals surface area contributed by atoms with Crippen molar-refractivity contribution in [1.82, 2.24) is 15.4 Å². The lowest BCUT2D eigenvalue weighted by molar-refractivity contribution is -0.383. The molecule has 0 aliphatic rings. The maximum Gasteiger partial charge on any atom is 0.355 e. The van der Waals surface area contributed by atoms with E-state index < -0.39 is 22.3 Å². The number of methoxy groups -OCH3 is 1. The molecule has 0 radical (unpaired) electrons. The summed E-state index contributed by atoms with van der Waals surface area (Å²) in [5.74, 6) is -1.00. The minimum atomic E-state index is -0.690. The van der Waals surface area contributed by atoms with E-state index in [1.165, 1.54) is 19.2 Å². The predicted molar refractivity (Wildman–Crippen MR) is 102 cm³/mol. The fraction of sp³-hybridized carbons (Fsp3) is 0.0556. The van der Waals surface area contributed by atoms with Crippen molar-refractivity contribution >= 4 is 28.9 Å². The summed E-state index contributed by atoms with van der Waals surface area (Å²) in [4.78, 5) is 30.8. The molecule has 0 aliphatic heterocycles. The Balaban J connectivity index is 1.84. The third kappa shape index (κ3) is 4.53. The Morgan fingerprint density at radius 2 is 1.79 bits per heavy atom. The van der Waals surface area contributed by atoms with Gasteiger partial charge in [-0.2, -0.15) is 0 Å². The van der Waals surface area contributed by atoms with Gasteiger partial charge in [0.15, 0.2) is 0 Å². The van der Waals surface area contributed by atoms with Crippen molar-refractivity contribution in [2.75, 3.05) is 17.9 Å². The molecule has 3 rings (SSSR count). The second kappa shape index (κ2) is 8.61. The van der Waals surface area contributed by atoms with E-state index in [0.29, 0.717) is 11.4 Å². The number of hydrogen-bond donors (Lipinski definition) is 3. The molecule has 1 heterocycles. The number of halogens is 1. The third-order valence-corrected chi connectivity index (χ3v) is 3.77. The van der Waals surface area contributed by atoms with Crippen LogP contribution >= 0.6 is 0 Å². The molecule has 0 atom stereocenters. The highest BCUT2D eigenvalue weighted by atomic mass is 19.1. The molecule has 0 saturated carbocycles. The van der Waals surface area contributed by atoms with Crippen LogP contribution in [0.2, 0.25) is 0 Å². The van der Waals surface area contributed by atoms with E-state index in [9.17, 15) is 19.3 Å². The van der Waals surface area contributed by atoms with E-state index in [2.05, 4.69) is 26.1 Å². The number of carbonyl (C=O) groups is 1. The number of nitro groups is 1. The maximum absolute atomic E-state index is 13.0. The molecule has 0 aliphatic carbocycles. The van der Waals surface area contributed by atoms with Crippen LogP contribution in [0.3, 0.4) is 0 Å². The Morgan fingerprint density at radius 1 is 1.10 bits per heavy atom. The molecule has 148 valence electrons. The van der Waals surface area contributed by atoms with Crippen molar-refractivity contribution in [3.63, 3.8) is 0 Å². The Labute approximate surface area is 163 Å². The zero-order valence-corrected chi connectivity index (χ0v) is 15.0. The highest BCUT2D eigenvalue weighted by Gasteiger charge is 2.24. The zero-order chi connectivity index (χ0) is 20.8. The van der Waals surface area contributed by atoms with Crippen molar-refractivity contribution in [2.24, 2.45) is 0 Å². The van der Waals surface area contributed by atoms with Crippen LogP contribution in [0.4, 0.5) is 27.4 Å². The molecule has 0 bridgehead atoms. The van der Waals surface area contributed by atoms with Crippen molar-refractivity contribution in [3.05, 3.63) is 76.4 Å². The summed E-state index contributed by atoms with van der Waals surface area (Å²) in [7, 11) is 1.47. The van der Waals surface area contributed by atoms with Crippen LogP contribution in [-0.4, -0.2) is 27.9 Å². The largest absolute Gasteiger partial charge is 0.495 e. The molecule has 2 aromatic carbocycles. The Kier molecular flexibility index (Phi) is 5.78. The van der Waals surface area contributed by atoms with Gasteiger partial charge in [0.05, 0.1) is 17.7 Å². The van der Waals surface area contributed by atoms with Gasteiger partial charge in [-0.05, 0) is 36.4 Å². The summed E-state index contributed by atoms with van der Waals surface area (Å²) < 4.78 is 18.2. The number of amides is 1. The van der Waals surface area contributed by atoms with Gasteiger partial charge in [0.1, 0.15) is 17.9 Å². The van der Waals surface area contributed by atoms with Crippen LogP contribution in [0.15, 0.2) is 54.9 Å². The lowest BCUT2D eigenvalue weighted by atomic mass is 10.2. The normalized spacial score (nSPS) is 10.1. The Hall–Kier alpha value is -4.28. The zero-order valence-electron chi connectivity index (χ0n) is 15.0. The SMILES string of the molecule is COc1ccccc1Nc1ncnc(NNC(=O)c2ccc(F)cc2)c1[N+](=O)[O-]. The van der Waals surface area contributed by atoms with Crippen molar-refractivity contribution in [2.45, 2.75) is 0 Å². The molecule has 1 aromatic heterocycles. The van der Waals surface area contributed by atoms with E-state index in [0.717, 1.165) is 18.5 Å². The van der Waals surface area contributed by atoms with Gasteiger partial charge in [0, 0.05) is 5.56 Å². The van der Waals surface area contributed by atoms with Crippen molar-refractivity contribution < 1.29 is 18.8 Å². The summed E-state index contributed by atoms with van der Waals surface area (Å²) >= 11 is 0. The van der Waals surface area contributed by atoms with Crippen molar-refractivity contribution in [1.29, 1.82) is 0 Å². The molecule has 10 nitrogen and oxygen atoms in total. The molecule has 3 aromatic rings. The first kappa shape index (κ1) is 19.5. The minimum absolute atomic E-state index is 0.104. The molecular formula is C18H15FN6O4. The quantitative estimate of drug-likeness (QED) is 0.409. The van der Waals surface area contributed by atoms with Crippen molar-refractivity contribution in [3.8, 4) is 5.75 Å². The second-order valence-corrected chi connectivity index (χ2v) is 5.59. The summed E-state index contributed by atoms with van der Waals surface area (Å²) in [6.07, 6.45) is 1.09. The standard InChI is InChI=1S/C18H15FN6O4/c1-29-14-5-3-2-4-13(14)22-16-15(25(27)28)17(21-10-20-16)23-24-18(26)11-6-8-12(19)9-7-11/h2-10H,1H3,(H,24,26)(H2,20,21,22,23). The van der Waals surface area contributed by atoms with Gasteiger partial charge in [0.25, 0.3) is 5.91 Å². The fourth-order valence-electron chi connectivity index (χ4n) is 2.40. The van der Waals surface area contributed by atoms with Gasteiger partial charge in [-0.15, -0.1) is 0 Å². The first-order chi connectivity index (χ1) is 14.0. The van der Waals surface area contributed by atoms with Gasteiger partial charge in [-0.3, -0.25) is 25.8 Å². The highest BCUT2D eigenvalue weighted by molar-refractivity contribution is 5.95. The van der Waals surface area contributed by atoms with E-state index in [-0.39, 0.29) is 17.2 Å². The van der Waals surface area contributed by atoms with Gasteiger partial charge in [-0.1, -0.05) is 12.1 Å². The average molecular weight is 398 g/mol. The molecule has 0 spiro atoms. The summed E-state index contributed by atoms with van der Waals surface area (Å²) in [5, 5.41) is 14.4. The number of nitrogens with zero attached hydrogens (tertiary/aromatic N) is 3. The number of hydrazine groups is 1. The second-order valence-electron chi connectivity index (χ2n) is 5.59. The van der Waals surface area contributed by atoms with Crippen LogP contribution in [0.25, 0.3) is 0 Å². The summed E-state index contributed by atoms with van der Waals surface area (Å²) in [5.41, 5.74) is 4.81. The van der Waals surface area contributed by atoms with Gasteiger partial charge in [-0.25, -0.2) is 14.4 Å². The maximum atomic E-state index is 13.0.